The van der Waals surface area contributed by atoms with Gasteiger partial charge in [0.05, 0.1) is 27.8 Å². The molecule has 0 fully saturated rings. The third-order valence-corrected chi connectivity index (χ3v) is 6.08. The molecular weight excluding hydrogens is 433 g/mol. The number of fused-ring (bicyclic) bond motifs is 1. The molecule has 2 aromatic heterocycles. The molecule has 164 valence electrons. The lowest BCUT2D eigenvalue weighted by Crippen LogP contribution is -2.21. The van der Waals surface area contributed by atoms with Crippen molar-refractivity contribution in [2.45, 2.75) is 6.54 Å². The zero-order chi connectivity index (χ0) is 22.7. The predicted molar refractivity (Wildman–Crippen MR) is 122 cm³/mol. The van der Waals surface area contributed by atoms with E-state index in [4.69, 9.17) is 9.84 Å². The van der Waals surface area contributed by atoms with Crippen LogP contribution < -0.4 is 4.74 Å². The summed E-state index contributed by atoms with van der Waals surface area (Å²) >= 11 is 1.48. The topological polar surface area (TPSA) is 88.7 Å². The van der Waals surface area contributed by atoms with Gasteiger partial charge < -0.3 is 9.84 Å². The molecule has 0 bridgehead atoms. The number of non-ortho nitro benzene ring substituents is 1. The van der Waals surface area contributed by atoms with Crippen LogP contribution in [0.25, 0.3) is 20.7 Å². The molecular formula is C23H20FN3O4S. The molecule has 0 aliphatic carbocycles. The Kier molecular flexibility index (Phi) is 6.40. The number of rotatable bonds is 8. The number of likely N-dealkylation sites (N-methyl/N-ethyl adjacent to an activating group) is 1. The average molecular weight is 453 g/mol. The van der Waals surface area contributed by atoms with Crippen LogP contribution in [0.3, 0.4) is 0 Å². The molecule has 0 spiro atoms. The van der Waals surface area contributed by atoms with E-state index in [1.165, 1.54) is 23.5 Å². The standard InChI is InChI=1S/C23H20FN3O4S/c1-26(10-11-28)14-15-2-4-16(5-3-15)22-13-19-23(32-22)21(8-9-25-19)31-20-7-6-17(27(29)30)12-18(20)24/h2-9,12-13,28H,10-11,14H2,1H3. The number of aliphatic hydroxyl groups excluding tert-OH is 1. The summed E-state index contributed by atoms with van der Waals surface area (Å²) in [6.07, 6.45) is 1.58. The van der Waals surface area contributed by atoms with Gasteiger partial charge in [0.1, 0.15) is 5.75 Å². The molecule has 0 amide bonds. The van der Waals surface area contributed by atoms with Crippen LogP contribution in [0.4, 0.5) is 10.1 Å². The van der Waals surface area contributed by atoms with Crippen molar-refractivity contribution < 1.29 is 19.2 Å². The van der Waals surface area contributed by atoms with E-state index in [0.29, 0.717) is 12.3 Å². The highest BCUT2D eigenvalue weighted by molar-refractivity contribution is 7.22. The Labute approximate surface area is 187 Å². The van der Waals surface area contributed by atoms with Gasteiger partial charge in [-0.3, -0.25) is 20.0 Å². The Hall–Kier alpha value is -3.40. The lowest BCUT2D eigenvalue weighted by Gasteiger charge is -2.15. The zero-order valence-electron chi connectivity index (χ0n) is 17.2. The van der Waals surface area contributed by atoms with Crippen molar-refractivity contribution in [1.82, 2.24) is 9.88 Å². The number of benzene rings is 2. The Bertz CT molecular complexity index is 1260. The van der Waals surface area contributed by atoms with Crippen molar-refractivity contribution in [3.63, 3.8) is 0 Å². The second-order valence-corrected chi connectivity index (χ2v) is 8.32. The molecule has 2 aromatic carbocycles. The van der Waals surface area contributed by atoms with Crippen molar-refractivity contribution in [2.24, 2.45) is 0 Å². The molecule has 9 heteroatoms. The Morgan fingerprint density at radius 3 is 2.62 bits per heavy atom. The van der Waals surface area contributed by atoms with Gasteiger partial charge in [0.25, 0.3) is 5.69 Å². The zero-order valence-corrected chi connectivity index (χ0v) is 18.0. The van der Waals surface area contributed by atoms with Crippen LogP contribution in [-0.4, -0.2) is 40.1 Å². The number of nitro groups is 1. The number of ether oxygens (including phenoxy) is 1. The molecule has 0 saturated carbocycles. The highest BCUT2D eigenvalue weighted by Gasteiger charge is 2.15. The summed E-state index contributed by atoms with van der Waals surface area (Å²) < 4.78 is 20.8. The molecule has 4 rings (SSSR count). The quantitative estimate of drug-likeness (QED) is 0.290. The maximum absolute atomic E-state index is 14.3. The van der Waals surface area contributed by atoms with Crippen LogP contribution in [0.2, 0.25) is 0 Å². The van der Waals surface area contributed by atoms with E-state index < -0.39 is 10.7 Å². The van der Waals surface area contributed by atoms with Crippen molar-refractivity contribution in [3.05, 3.63) is 82.3 Å². The summed E-state index contributed by atoms with van der Waals surface area (Å²) in [5, 5.41) is 19.9. The molecule has 0 aliphatic rings. The fraction of sp³-hybridized carbons (Fsp3) is 0.174. The fourth-order valence-corrected chi connectivity index (χ4v) is 4.35. The molecule has 0 aliphatic heterocycles. The minimum Gasteiger partial charge on any atom is -0.453 e. The maximum atomic E-state index is 14.3. The molecule has 1 N–H and O–H groups in total. The van der Waals surface area contributed by atoms with Gasteiger partial charge in [-0.25, -0.2) is 4.39 Å². The van der Waals surface area contributed by atoms with Gasteiger partial charge in [-0.1, -0.05) is 24.3 Å². The van der Waals surface area contributed by atoms with Crippen LogP contribution in [0.15, 0.2) is 60.8 Å². The van der Waals surface area contributed by atoms with Gasteiger partial charge >= 0.3 is 0 Å². The van der Waals surface area contributed by atoms with E-state index in [1.807, 2.05) is 42.3 Å². The normalized spacial score (nSPS) is 11.2. The Balaban J connectivity index is 1.59. The first-order chi connectivity index (χ1) is 15.4. The molecule has 0 unspecified atom stereocenters. The van der Waals surface area contributed by atoms with Gasteiger partial charge in [0, 0.05) is 36.3 Å². The Morgan fingerprint density at radius 2 is 1.94 bits per heavy atom. The average Bonchev–Trinajstić information content (AvgIpc) is 3.21. The van der Waals surface area contributed by atoms with E-state index in [0.717, 1.165) is 38.8 Å². The fourth-order valence-electron chi connectivity index (χ4n) is 3.28. The van der Waals surface area contributed by atoms with Crippen molar-refractivity contribution in [2.75, 3.05) is 20.2 Å². The van der Waals surface area contributed by atoms with Crippen molar-refractivity contribution >= 4 is 27.2 Å². The molecule has 0 atom stereocenters. The van der Waals surface area contributed by atoms with Gasteiger partial charge in [-0.15, -0.1) is 11.3 Å². The smallest absolute Gasteiger partial charge is 0.272 e. The summed E-state index contributed by atoms with van der Waals surface area (Å²) in [4.78, 5) is 17.6. The predicted octanol–water partition coefficient (Wildman–Crippen LogP) is 5.23. The summed E-state index contributed by atoms with van der Waals surface area (Å²) in [5.74, 6) is -0.460. The number of halogens is 1. The third kappa shape index (κ3) is 4.75. The van der Waals surface area contributed by atoms with Gasteiger partial charge in [-0.2, -0.15) is 0 Å². The lowest BCUT2D eigenvalue weighted by atomic mass is 10.1. The SMILES string of the molecule is CN(CCO)Cc1ccc(-c2cc3nccc(Oc4ccc([N+](=O)[O-])cc4F)c3s2)cc1. The molecule has 0 saturated heterocycles. The van der Waals surface area contributed by atoms with Crippen LogP contribution in [-0.2, 0) is 6.54 Å². The van der Waals surface area contributed by atoms with Crippen LogP contribution in [0, 0.1) is 15.9 Å². The van der Waals surface area contributed by atoms with Gasteiger partial charge in [0.2, 0.25) is 0 Å². The van der Waals surface area contributed by atoms with Gasteiger partial charge in [-0.05, 0) is 30.3 Å². The minimum absolute atomic E-state index is 0.0885. The second-order valence-electron chi connectivity index (χ2n) is 7.27. The molecule has 0 radical (unpaired) electrons. The first kappa shape index (κ1) is 21.8. The third-order valence-electron chi connectivity index (χ3n) is 4.89. The number of hydrogen-bond acceptors (Lipinski definition) is 7. The molecule has 2 heterocycles. The van der Waals surface area contributed by atoms with Gasteiger partial charge in [0.15, 0.2) is 11.6 Å². The summed E-state index contributed by atoms with van der Waals surface area (Å²) in [5.41, 5.74) is 2.55. The monoisotopic (exact) mass is 453 g/mol. The number of nitrogens with zero attached hydrogens (tertiary/aromatic N) is 3. The van der Waals surface area contributed by atoms with Crippen LogP contribution >= 0.6 is 11.3 Å². The molecule has 32 heavy (non-hydrogen) atoms. The first-order valence-electron chi connectivity index (χ1n) is 9.83. The number of nitro benzene ring substituents is 1. The first-order valence-corrected chi connectivity index (χ1v) is 10.7. The summed E-state index contributed by atoms with van der Waals surface area (Å²) in [7, 11) is 1.96. The second kappa shape index (κ2) is 9.39. The number of hydrogen-bond donors (Lipinski definition) is 1. The summed E-state index contributed by atoms with van der Waals surface area (Å²) in [6, 6.07) is 15.0. The van der Waals surface area contributed by atoms with Crippen molar-refractivity contribution in [1.29, 1.82) is 0 Å². The largest absolute Gasteiger partial charge is 0.453 e. The van der Waals surface area contributed by atoms with E-state index in [1.54, 1.807) is 12.3 Å². The van der Waals surface area contributed by atoms with E-state index in [-0.39, 0.29) is 18.0 Å². The van der Waals surface area contributed by atoms with E-state index in [9.17, 15) is 14.5 Å². The van der Waals surface area contributed by atoms with Crippen molar-refractivity contribution in [3.8, 4) is 21.9 Å². The highest BCUT2D eigenvalue weighted by Crippen LogP contribution is 2.39. The van der Waals surface area contributed by atoms with E-state index in [2.05, 4.69) is 4.98 Å². The van der Waals surface area contributed by atoms with Crippen LogP contribution in [0.1, 0.15) is 5.56 Å². The highest BCUT2D eigenvalue weighted by atomic mass is 32.1. The lowest BCUT2D eigenvalue weighted by molar-refractivity contribution is -0.385. The number of thiophene rings is 1. The number of aliphatic hydroxyl groups is 1. The number of aromatic nitrogens is 1. The molecule has 4 aromatic rings. The maximum Gasteiger partial charge on any atom is 0.272 e. The number of pyridine rings is 1. The Morgan fingerprint density at radius 1 is 1.16 bits per heavy atom. The summed E-state index contributed by atoms with van der Waals surface area (Å²) in [6.45, 7) is 1.48. The molecule has 7 nitrogen and oxygen atoms in total. The minimum atomic E-state index is -0.803. The van der Waals surface area contributed by atoms with E-state index >= 15 is 0 Å². The van der Waals surface area contributed by atoms with Crippen LogP contribution in [0.5, 0.6) is 11.5 Å².